The van der Waals surface area contributed by atoms with Crippen molar-refractivity contribution in [1.29, 1.82) is 0 Å². The maximum absolute atomic E-state index is 10.8. The van der Waals surface area contributed by atoms with Crippen LogP contribution in [0.4, 0.5) is 0 Å². The number of hydrogen-bond donors (Lipinski definition) is 0. The zero-order chi connectivity index (χ0) is 8.97. The molecule has 0 bridgehead atoms. The van der Waals surface area contributed by atoms with Crippen LogP contribution in [0.15, 0.2) is 0 Å². The van der Waals surface area contributed by atoms with Crippen LogP contribution in [-0.4, -0.2) is 28.0 Å². The maximum Gasteiger partial charge on any atom is 0.301 e. The molecule has 13 heavy (non-hydrogen) atoms. The first kappa shape index (κ1) is 12.6. The fraction of sp³-hybridized carbons (Fsp3) is 0.429. The number of methoxy groups -OCH3 is 1. The average Bonchev–Trinajstić information content (AvgIpc) is 2.04. The molecule has 0 N–H and O–H groups in total. The molecule has 1 heterocycles. The van der Waals surface area contributed by atoms with Gasteiger partial charge in [0, 0.05) is 50.7 Å². The molecule has 0 aliphatic heterocycles. The molecule has 0 spiro atoms. The van der Waals surface area contributed by atoms with Crippen LogP contribution in [0.2, 0.25) is 0 Å². The van der Waals surface area contributed by atoms with Crippen LogP contribution < -0.4 is 0 Å². The molecule has 0 aromatic carbocycles. The van der Waals surface area contributed by atoms with E-state index < -0.39 is 0 Å². The van der Waals surface area contributed by atoms with Crippen molar-refractivity contribution in [2.45, 2.75) is 13.3 Å². The van der Waals surface area contributed by atoms with Crippen molar-refractivity contribution in [1.82, 2.24) is 15.0 Å². The second-order valence-electron chi connectivity index (χ2n) is 2.15. The number of aromatic nitrogens is 3. The monoisotopic (exact) mass is 255 g/mol. The summed E-state index contributed by atoms with van der Waals surface area (Å²) in [5.74, 6) is 0.562. The predicted octanol–water partition coefficient (Wildman–Crippen LogP) is -0.307. The number of aryl methyl sites for hydroxylation is 1. The van der Waals surface area contributed by atoms with Gasteiger partial charge in [-0.15, -0.1) is 0 Å². The minimum Gasteiger partial charge on any atom is -0.469 e. The van der Waals surface area contributed by atoms with Crippen molar-refractivity contribution in [3.05, 3.63) is 18.0 Å². The van der Waals surface area contributed by atoms with Gasteiger partial charge in [-0.1, -0.05) is 6.92 Å². The van der Waals surface area contributed by atoms with Gasteiger partial charge >= 0.3 is 5.97 Å². The van der Waals surface area contributed by atoms with Gasteiger partial charge in [-0.2, -0.15) is 0 Å². The van der Waals surface area contributed by atoms with Gasteiger partial charge in [0.1, 0.15) is 0 Å². The molecule has 0 fully saturated rings. The van der Waals surface area contributed by atoms with Gasteiger partial charge in [0.05, 0.1) is 13.5 Å². The van der Waals surface area contributed by atoms with Crippen molar-refractivity contribution in [2.75, 3.05) is 7.11 Å². The van der Waals surface area contributed by atoms with Crippen LogP contribution in [0, 0.1) is 13.3 Å². The molecule has 5 nitrogen and oxygen atoms in total. The summed E-state index contributed by atoms with van der Waals surface area (Å²) in [4.78, 5) is 22.0. The van der Waals surface area contributed by atoms with Gasteiger partial charge in [-0.05, 0) is 0 Å². The Labute approximate surface area is 101 Å². The topological polar surface area (TPSA) is 65.0 Å². The van der Waals surface area contributed by atoms with Crippen LogP contribution in [-0.2, 0) is 48.7 Å². The quantitative estimate of drug-likeness (QED) is 0.536. The number of carbonyl (C=O) groups excluding carboxylic acids is 1. The smallest absolute Gasteiger partial charge is 0.301 e. The summed E-state index contributed by atoms with van der Waals surface area (Å²) in [6.45, 7) is 1.71. The fourth-order valence-corrected chi connectivity index (χ4v) is 0.672. The van der Waals surface area contributed by atoms with Gasteiger partial charge in [-0.3, -0.25) is 4.79 Å². The third kappa shape index (κ3) is 4.38. The molecule has 0 saturated carbocycles. The molecule has 0 saturated heterocycles. The van der Waals surface area contributed by atoms with Crippen molar-refractivity contribution in [3.8, 4) is 0 Å². The summed E-state index contributed by atoms with van der Waals surface area (Å²) in [7, 11) is 1.32. The molecule has 0 atom stereocenters. The molecule has 6 heteroatoms. The maximum atomic E-state index is 10.8. The number of hydrogen-bond acceptors (Lipinski definition) is 5. The summed E-state index contributed by atoms with van der Waals surface area (Å²) in [6, 6.07) is 0. The minimum absolute atomic E-state index is 0. The summed E-state index contributed by atoms with van der Waals surface area (Å²) in [5.41, 5.74) is 0. The van der Waals surface area contributed by atoms with E-state index in [9.17, 15) is 4.79 Å². The van der Waals surface area contributed by atoms with E-state index in [1.165, 1.54) is 7.11 Å². The number of rotatable bonds is 2. The molecular formula is C7H8N3O2Y-. The molecule has 0 aliphatic carbocycles. The first-order chi connectivity index (χ1) is 5.72. The second kappa shape index (κ2) is 6.10. The van der Waals surface area contributed by atoms with Gasteiger partial charge < -0.3 is 19.7 Å². The summed E-state index contributed by atoms with van der Waals surface area (Å²) in [6.07, 6.45) is 2.45. The van der Waals surface area contributed by atoms with E-state index >= 15 is 0 Å². The first-order valence-corrected chi connectivity index (χ1v) is 3.37. The molecule has 1 aromatic heterocycles. The van der Waals surface area contributed by atoms with Crippen molar-refractivity contribution < 1.29 is 42.2 Å². The van der Waals surface area contributed by atoms with Crippen LogP contribution >= 0.6 is 0 Å². The minimum atomic E-state index is -0.367. The Morgan fingerprint density at radius 2 is 2.23 bits per heavy atom. The van der Waals surface area contributed by atoms with Crippen LogP contribution in [0.3, 0.4) is 0 Å². The van der Waals surface area contributed by atoms with E-state index in [2.05, 4.69) is 26.0 Å². The van der Waals surface area contributed by atoms with Crippen molar-refractivity contribution in [2.24, 2.45) is 0 Å². The Kier molecular flexibility index (Phi) is 5.91. The summed E-state index contributed by atoms with van der Waals surface area (Å²) < 4.78 is 4.44. The van der Waals surface area contributed by atoms with Crippen molar-refractivity contribution in [3.63, 3.8) is 0 Å². The normalized spacial score (nSPS) is 8.77. The van der Waals surface area contributed by atoms with Crippen LogP contribution in [0.1, 0.15) is 11.6 Å². The number of nitrogens with zero attached hydrogens (tertiary/aromatic N) is 3. The van der Waals surface area contributed by atoms with E-state index in [0.717, 1.165) is 0 Å². The van der Waals surface area contributed by atoms with Gasteiger partial charge in [0.15, 0.2) is 0 Å². The zero-order valence-corrected chi connectivity index (χ0v) is 10.3. The number of ether oxygens (including phenoxy) is 1. The second-order valence-corrected chi connectivity index (χ2v) is 2.15. The van der Waals surface area contributed by atoms with Gasteiger partial charge in [-0.25, -0.2) is 0 Å². The number of carbonyl (C=O) groups is 1. The first-order valence-electron chi connectivity index (χ1n) is 3.37. The Morgan fingerprint density at radius 1 is 1.54 bits per heavy atom. The summed E-state index contributed by atoms with van der Waals surface area (Å²) in [5, 5.41) is 0. The molecule has 0 unspecified atom stereocenters. The third-order valence-corrected chi connectivity index (χ3v) is 1.21. The summed E-state index contributed by atoms with van der Waals surface area (Å²) >= 11 is 0. The van der Waals surface area contributed by atoms with Crippen LogP contribution in [0.5, 0.6) is 0 Å². The van der Waals surface area contributed by atoms with Gasteiger partial charge in [0.2, 0.25) is 0 Å². The third-order valence-electron chi connectivity index (χ3n) is 1.21. The van der Waals surface area contributed by atoms with E-state index in [1.54, 1.807) is 6.92 Å². The molecule has 0 amide bonds. The average molecular weight is 255 g/mol. The van der Waals surface area contributed by atoms with E-state index in [1.807, 2.05) is 0 Å². The molecule has 1 radical (unpaired) electrons. The Balaban J connectivity index is 0.00000144. The molecule has 1 rings (SSSR count). The van der Waals surface area contributed by atoms with E-state index in [-0.39, 0.29) is 45.1 Å². The largest absolute Gasteiger partial charge is 0.469 e. The van der Waals surface area contributed by atoms with E-state index in [0.29, 0.717) is 11.6 Å². The van der Waals surface area contributed by atoms with Crippen molar-refractivity contribution >= 4 is 5.97 Å². The predicted molar refractivity (Wildman–Crippen MR) is 39.1 cm³/mol. The fourth-order valence-electron chi connectivity index (χ4n) is 0.672. The molecule has 1 aromatic rings. The standard InChI is InChI=1S/C7H8N3O2.Y/c1-5-8-4-9-6(10-5)3-7(11)12-2;/h3H2,1-2H3;/q-1;. The SMILES string of the molecule is COC(=O)Cc1n[c-]nc(C)n1.[Y]. The number of esters is 1. The Morgan fingerprint density at radius 3 is 2.77 bits per heavy atom. The Bertz CT molecular complexity index is 293. The molecule has 0 aliphatic rings. The van der Waals surface area contributed by atoms with Gasteiger partial charge in [0.25, 0.3) is 0 Å². The molecule has 67 valence electrons. The van der Waals surface area contributed by atoms with E-state index in [4.69, 9.17) is 0 Å². The Hall–Kier alpha value is -0.416. The zero-order valence-electron chi connectivity index (χ0n) is 7.44. The molecular weight excluding hydrogens is 247 g/mol. The van der Waals surface area contributed by atoms with Crippen LogP contribution in [0.25, 0.3) is 0 Å².